The zero-order valence-electron chi connectivity index (χ0n) is 11.4. The van der Waals surface area contributed by atoms with Crippen molar-refractivity contribution in [1.29, 1.82) is 0 Å². The van der Waals surface area contributed by atoms with Crippen molar-refractivity contribution in [2.24, 2.45) is 5.92 Å². The molecular weight excluding hydrogens is 244 g/mol. The van der Waals surface area contributed by atoms with Crippen LogP contribution in [0.1, 0.15) is 33.1 Å². The summed E-state index contributed by atoms with van der Waals surface area (Å²) in [4.78, 5) is 8.97. The SMILES string of the molecule is CCCNc1cc(NC(C)C2CC2)nc(SC)n1. The van der Waals surface area contributed by atoms with E-state index in [1.54, 1.807) is 11.8 Å². The van der Waals surface area contributed by atoms with Crippen molar-refractivity contribution in [2.45, 2.75) is 44.3 Å². The third kappa shape index (κ3) is 3.77. The van der Waals surface area contributed by atoms with Gasteiger partial charge in [0.1, 0.15) is 11.6 Å². The van der Waals surface area contributed by atoms with Gasteiger partial charge in [-0.1, -0.05) is 18.7 Å². The van der Waals surface area contributed by atoms with Gasteiger partial charge in [-0.3, -0.25) is 0 Å². The molecule has 0 radical (unpaired) electrons. The summed E-state index contributed by atoms with van der Waals surface area (Å²) in [6, 6.07) is 2.52. The number of anilines is 2. The standard InChI is InChI=1S/C13H22N4S/c1-4-7-14-11-8-12(17-13(16-11)18-3)15-9(2)10-5-6-10/h8-10H,4-7H2,1-3H3,(H2,14,15,16,17). The maximum Gasteiger partial charge on any atom is 0.191 e. The Morgan fingerprint density at radius 1 is 1.39 bits per heavy atom. The maximum absolute atomic E-state index is 4.51. The van der Waals surface area contributed by atoms with Gasteiger partial charge in [0.05, 0.1) is 0 Å². The van der Waals surface area contributed by atoms with Crippen LogP contribution in [0.25, 0.3) is 0 Å². The molecule has 0 aromatic carbocycles. The fourth-order valence-corrected chi connectivity index (χ4v) is 2.26. The molecule has 0 spiro atoms. The largest absolute Gasteiger partial charge is 0.370 e. The topological polar surface area (TPSA) is 49.8 Å². The molecule has 1 saturated carbocycles. The van der Waals surface area contributed by atoms with Gasteiger partial charge < -0.3 is 10.6 Å². The van der Waals surface area contributed by atoms with Gasteiger partial charge in [-0.05, 0) is 38.4 Å². The summed E-state index contributed by atoms with van der Waals surface area (Å²) in [7, 11) is 0. The minimum Gasteiger partial charge on any atom is -0.370 e. The predicted molar refractivity (Wildman–Crippen MR) is 78.4 cm³/mol. The lowest BCUT2D eigenvalue weighted by molar-refractivity contribution is 0.688. The van der Waals surface area contributed by atoms with Crippen molar-refractivity contribution < 1.29 is 0 Å². The molecule has 1 aliphatic carbocycles. The van der Waals surface area contributed by atoms with Crippen LogP contribution in [-0.4, -0.2) is 28.8 Å². The van der Waals surface area contributed by atoms with Crippen molar-refractivity contribution in [3.63, 3.8) is 0 Å². The van der Waals surface area contributed by atoms with Gasteiger partial charge in [0.15, 0.2) is 5.16 Å². The second-order valence-corrected chi connectivity index (χ2v) is 5.60. The summed E-state index contributed by atoms with van der Waals surface area (Å²) in [6.45, 7) is 5.33. The normalized spacial score (nSPS) is 16.4. The maximum atomic E-state index is 4.51. The minimum atomic E-state index is 0.508. The quantitative estimate of drug-likeness (QED) is 0.586. The Morgan fingerprint density at radius 2 is 2.11 bits per heavy atom. The monoisotopic (exact) mass is 266 g/mol. The number of nitrogens with zero attached hydrogens (tertiary/aromatic N) is 2. The summed E-state index contributed by atoms with van der Waals surface area (Å²) in [5.74, 6) is 2.68. The van der Waals surface area contributed by atoms with Crippen LogP contribution in [0.3, 0.4) is 0 Å². The summed E-state index contributed by atoms with van der Waals surface area (Å²) in [5, 5.41) is 7.63. The van der Waals surface area contributed by atoms with Crippen molar-refractivity contribution in [3.05, 3.63) is 6.07 Å². The van der Waals surface area contributed by atoms with Crippen LogP contribution in [0.5, 0.6) is 0 Å². The Morgan fingerprint density at radius 3 is 2.72 bits per heavy atom. The molecule has 1 fully saturated rings. The molecule has 1 aromatic heterocycles. The highest BCUT2D eigenvalue weighted by Gasteiger charge is 2.28. The Balaban J connectivity index is 2.06. The summed E-state index contributed by atoms with van der Waals surface area (Å²) >= 11 is 1.58. The fraction of sp³-hybridized carbons (Fsp3) is 0.692. The molecule has 18 heavy (non-hydrogen) atoms. The predicted octanol–water partition coefficient (Wildman–Crippen LogP) is 3.23. The highest BCUT2D eigenvalue weighted by atomic mass is 32.2. The number of hydrogen-bond donors (Lipinski definition) is 2. The van der Waals surface area contributed by atoms with Gasteiger partial charge in [0.2, 0.25) is 0 Å². The van der Waals surface area contributed by atoms with E-state index in [1.165, 1.54) is 12.8 Å². The fourth-order valence-electron chi connectivity index (χ4n) is 1.88. The molecule has 1 heterocycles. The zero-order chi connectivity index (χ0) is 13.0. The lowest BCUT2D eigenvalue weighted by Crippen LogP contribution is -2.18. The Bertz CT molecular complexity index is 393. The molecule has 0 bridgehead atoms. The van der Waals surface area contributed by atoms with E-state index in [9.17, 15) is 0 Å². The lowest BCUT2D eigenvalue weighted by Gasteiger charge is -2.15. The van der Waals surface area contributed by atoms with E-state index in [4.69, 9.17) is 0 Å². The molecule has 0 saturated heterocycles. The lowest BCUT2D eigenvalue weighted by atomic mass is 10.2. The van der Waals surface area contributed by atoms with Gasteiger partial charge in [-0.15, -0.1) is 0 Å². The number of aromatic nitrogens is 2. The van der Waals surface area contributed by atoms with Crippen molar-refractivity contribution in [1.82, 2.24) is 9.97 Å². The van der Waals surface area contributed by atoms with E-state index in [1.807, 2.05) is 12.3 Å². The Kier molecular flexibility index (Phi) is 4.69. The highest BCUT2D eigenvalue weighted by Crippen LogP contribution is 2.34. The third-order valence-corrected chi connectivity index (χ3v) is 3.70. The van der Waals surface area contributed by atoms with E-state index in [-0.39, 0.29) is 0 Å². The molecule has 100 valence electrons. The number of thioether (sulfide) groups is 1. The van der Waals surface area contributed by atoms with Crippen LogP contribution < -0.4 is 10.6 Å². The summed E-state index contributed by atoms with van der Waals surface area (Å²) < 4.78 is 0. The van der Waals surface area contributed by atoms with Gasteiger partial charge in [0, 0.05) is 18.7 Å². The molecule has 4 nitrogen and oxygen atoms in total. The van der Waals surface area contributed by atoms with Gasteiger partial charge in [-0.2, -0.15) is 0 Å². The molecule has 1 aromatic rings. The molecule has 0 amide bonds. The molecule has 2 rings (SSSR count). The summed E-state index contributed by atoms with van der Waals surface area (Å²) in [6.07, 6.45) is 5.79. The number of hydrogen-bond acceptors (Lipinski definition) is 5. The van der Waals surface area contributed by atoms with Gasteiger partial charge in [0.25, 0.3) is 0 Å². The number of rotatable bonds is 7. The van der Waals surface area contributed by atoms with E-state index in [2.05, 4.69) is 34.4 Å². The van der Waals surface area contributed by atoms with E-state index in [0.717, 1.165) is 35.7 Å². The van der Waals surface area contributed by atoms with E-state index >= 15 is 0 Å². The first kappa shape index (κ1) is 13.5. The van der Waals surface area contributed by atoms with Crippen molar-refractivity contribution >= 4 is 23.4 Å². The van der Waals surface area contributed by atoms with Crippen LogP contribution in [0.2, 0.25) is 0 Å². The Labute approximate surface area is 113 Å². The molecule has 2 N–H and O–H groups in total. The smallest absolute Gasteiger partial charge is 0.191 e. The van der Waals surface area contributed by atoms with E-state index in [0.29, 0.717) is 6.04 Å². The van der Waals surface area contributed by atoms with Crippen LogP contribution in [0.15, 0.2) is 11.2 Å². The van der Waals surface area contributed by atoms with Gasteiger partial charge in [-0.25, -0.2) is 9.97 Å². The second-order valence-electron chi connectivity index (χ2n) is 4.82. The Hall–Kier alpha value is -0.970. The van der Waals surface area contributed by atoms with Crippen LogP contribution in [0.4, 0.5) is 11.6 Å². The first-order chi connectivity index (χ1) is 8.72. The molecule has 5 heteroatoms. The number of nitrogens with one attached hydrogen (secondary N) is 2. The van der Waals surface area contributed by atoms with E-state index < -0.39 is 0 Å². The molecule has 1 aliphatic rings. The summed E-state index contributed by atoms with van der Waals surface area (Å²) in [5.41, 5.74) is 0. The van der Waals surface area contributed by atoms with Crippen LogP contribution in [-0.2, 0) is 0 Å². The average Bonchev–Trinajstić information content (AvgIpc) is 3.20. The van der Waals surface area contributed by atoms with Crippen LogP contribution in [0, 0.1) is 5.92 Å². The van der Waals surface area contributed by atoms with Crippen molar-refractivity contribution in [2.75, 3.05) is 23.4 Å². The first-order valence-electron chi connectivity index (χ1n) is 6.66. The molecular formula is C13H22N4S. The highest BCUT2D eigenvalue weighted by molar-refractivity contribution is 7.98. The first-order valence-corrected chi connectivity index (χ1v) is 7.89. The average molecular weight is 266 g/mol. The third-order valence-electron chi connectivity index (χ3n) is 3.15. The molecule has 1 atom stereocenters. The zero-order valence-corrected chi connectivity index (χ0v) is 12.2. The van der Waals surface area contributed by atoms with Gasteiger partial charge >= 0.3 is 0 Å². The molecule has 0 aliphatic heterocycles. The molecule has 1 unspecified atom stereocenters. The van der Waals surface area contributed by atoms with Crippen molar-refractivity contribution in [3.8, 4) is 0 Å². The second kappa shape index (κ2) is 6.27. The minimum absolute atomic E-state index is 0.508. The van der Waals surface area contributed by atoms with Crippen LogP contribution >= 0.6 is 11.8 Å².